The first kappa shape index (κ1) is 92.9. The van der Waals surface area contributed by atoms with Crippen LogP contribution >= 0.6 is 0 Å². The van der Waals surface area contributed by atoms with Crippen LogP contribution < -0.4 is 5.32 Å². The largest absolute Gasteiger partial charge is 0.463 e. The van der Waals surface area contributed by atoms with E-state index >= 15 is 0 Å². The number of Topliss-reactive ketones (excluding diaryl/α,β-unsaturated/α-hetero) is 1. The van der Waals surface area contributed by atoms with Crippen LogP contribution in [0.3, 0.4) is 0 Å². The van der Waals surface area contributed by atoms with Crippen molar-refractivity contribution >= 4 is 58.8 Å². The minimum atomic E-state index is -2.61. The molecule has 0 rings (SSSR count). The normalized spacial score (nSPS) is 10.3. The van der Waals surface area contributed by atoms with Crippen LogP contribution in [0.2, 0.25) is 26.2 Å². The van der Waals surface area contributed by atoms with Gasteiger partial charge in [0.15, 0.2) is 0 Å². The summed E-state index contributed by atoms with van der Waals surface area (Å²) >= 11 is 0. The number of carbonyl (C=O) groups is 6. The van der Waals surface area contributed by atoms with Crippen LogP contribution in [0.25, 0.3) is 0 Å². The molecule has 0 fully saturated rings. The number of carbonyl (C=O) groups excluding carboxylic acids is 7. The summed E-state index contributed by atoms with van der Waals surface area (Å²) in [6, 6.07) is 0. The molecule has 0 radical (unpaired) electrons. The summed E-state index contributed by atoms with van der Waals surface area (Å²) in [5, 5.41) is 28.0. The maximum atomic E-state index is 11.4. The fourth-order valence-electron chi connectivity index (χ4n) is 6.13. The Balaban J connectivity index is -0.000000240. The molecule has 86 heavy (non-hydrogen) atoms. The molecule has 0 aliphatic rings. The standard InChI is InChI=1S/C18H34O7.C16H30O7.C12H23NO2.C8H12N2O2.C3H10O2Si.C2H8O2Si/c1-21-11-7-3-5-9-17(19)24-15-13-23-14-16-25-18(20)10-6-4-8-12-22-2;17-9-5-1-3-7-15(19)22-13-11-21-12-14-23-16(20)8-4-2-6-10-18;1-11(14)9-7-5-3-4-6-8-10-13-12(2)15;9-7-12-6-4-2-1-3-5-10-8-11;1-5-6(2,3)4;1-5(2,3)4/h3-16H2,1-2H3;17-18H,1-14H2;3-10H2,1-2H3,(H,13,15);1-6H2;4H,1-3H3;3-4H,1-2H3. The molecule has 0 aromatic rings. The quantitative estimate of drug-likeness (QED) is 0.00652. The molecule has 0 aliphatic carbocycles. The molecule has 27 heteroatoms. The lowest BCUT2D eigenvalue weighted by molar-refractivity contribution is -0.148. The highest BCUT2D eigenvalue weighted by Gasteiger charge is 2.14. The van der Waals surface area contributed by atoms with Gasteiger partial charge in [-0.25, -0.2) is 9.79 Å². The van der Waals surface area contributed by atoms with Crippen molar-refractivity contribution in [1.29, 1.82) is 5.26 Å². The fraction of sp³-hybridized carbons (Fsp3) is 0.864. The van der Waals surface area contributed by atoms with Gasteiger partial charge in [-0.05, 0) is 117 Å². The number of isocyanates is 1. The molecule has 0 aliphatic heterocycles. The molecule has 0 aromatic carbocycles. The second-order valence-corrected chi connectivity index (χ2v) is 26.6. The minimum Gasteiger partial charge on any atom is -0.463 e. The Morgan fingerprint density at radius 3 is 1.09 bits per heavy atom. The summed E-state index contributed by atoms with van der Waals surface area (Å²) in [5.74, 6) is -0.597. The number of unbranched alkanes of at least 4 members (excludes halogenated alkanes) is 16. The zero-order valence-corrected chi connectivity index (χ0v) is 56.3. The van der Waals surface area contributed by atoms with Crippen molar-refractivity contribution in [2.75, 3.05) is 120 Å². The van der Waals surface area contributed by atoms with Crippen molar-refractivity contribution in [1.82, 2.24) is 5.32 Å². The predicted molar refractivity (Wildman–Crippen MR) is 331 cm³/mol. The minimum absolute atomic E-state index is 0.0523. The number of aliphatic hydroxyl groups excluding tert-OH is 2. The Labute approximate surface area is 517 Å². The van der Waals surface area contributed by atoms with E-state index in [9.17, 15) is 33.6 Å². The van der Waals surface area contributed by atoms with E-state index in [0.717, 1.165) is 122 Å². The van der Waals surface area contributed by atoms with E-state index in [1.54, 1.807) is 47.4 Å². The van der Waals surface area contributed by atoms with E-state index in [2.05, 4.69) is 19.5 Å². The van der Waals surface area contributed by atoms with Gasteiger partial charge in [-0.1, -0.05) is 57.8 Å². The molecule has 0 spiro atoms. The molecular formula is C59H117N3O22Si2. The molecule has 508 valence electrons. The number of aliphatic hydroxyl groups is 2. The first-order valence-corrected chi connectivity index (χ1v) is 36.2. The van der Waals surface area contributed by atoms with Crippen LogP contribution in [-0.2, 0) is 80.6 Å². The molecule has 0 bridgehead atoms. The lowest BCUT2D eigenvalue weighted by Crippen LogP contribution is -2.27. The van der Waals surface area contributed by atoms with Gasteiger partial charge in [0.05, 0.1) is 33.0 Å². The lowest BCUT2D eigenvalue weighted by atomic mass is 10.1. The van der Waals surface area contributed by atoms with Crippen molar-refractivity contribution < 1.29 is 105 Å². The Hall–Kier alpha value is -4.28. The summed E-state index contributed by atoms with van der Waals surface area (Å²) in [4.78, 5) is 105. The predicted octanol–water partition coefficient (Wildman–Crippen LogP) is 7.52. The molecule has 0 unspecified atom stereocenters. The number of amides is 1. The number of rotatable bonds is 51. The number of ether oxygens (including phenoxy) is 9. The highest BCUT2D eigenvalue weighted by atomic mass is 28.4. The number of esters is 4. The Kier molecular flexibility index (Phi) is 83.0. The van der Waals surface area contributed by atoms with E-state index in [4.69, 9.17) is 67.8 Å². The number of methoxy groups -OCH3 is 2. The van der Waals surface area contributed by atoms with Crippen LogP contribution in [-0.4, -0.2) is 204 Å². The summed E-state index contributed by atoms with van der Waals surface area (Å²) in [6.07, 6.45) is 25.9. The molecule has 25 nitrogen and oxygen atoms in total. The molecule has 0 saturated carbocycles. The van der Waals surface area contributed by atoms with Crippen molar-refractivity contribution in [3.8, 4) is 6.26 Å². The van der Waals surface area contributed by atoms with Crippen LogP contribution in [0.1, 0.15) is 187 Å². The number of hydrogen-bond donors (Lipinski definition) is 6. The van der Waals surface area contributed by atoms with Crippen molar-refractivity contribution in [3.63, 3.8) is 0 Å². The summed E-state index contributed by atoms with van der Waals surface area (Å²) in [6.45, 7) is 15.1. The van der Waals surface area contributed by atoms with Crippen LogP contribution in [0.5, 0.6) is 0 Å². The van der Waals surface area contributed by atoms with Gasteiger partial charge in [-0.3, -0.25) is 24.0 Å². The van der Waals surface area contributed by atoms with E-state index in [0.29, 0.717) is 83.5 Å². The Morgan fingerprint density at radius 2 is 0.767 bits per heavy atom. The fourth-order valence-corrected chi connectivity index (χ4v) is 6.13. The van der Waals surface area contributed by atoms with Crippen LogP contribution in [0.15, 0.2) is 4.99 Å². The molecule has 0 atom stereocenters. The summed E-state index contributed by atoms with van der Waals surface area (Å²) in [7, 11) is 0.111. The Morgan fingerprint density at radius 1 is 0.453 bits per heavy atom. The average molecular weight is 1280 g/mol. The van der Waals surface area contributed by atoms with E-state index < -0.39 is 17.1 Å². The first-order valence-electron chi connectivity index (χ1n) is 30.5. The second kappa shape index (κ2) is 76.8. The molecule has 0 aromatic heterocycles. The second-order valence-electron chi connectivity index (χ2n) is 20.3. The van der Waals surface area contributed by atoms with Gasteiger partial charge in [0.1, 0.15) is 38.8 Å². The zero-order valence-electron chi connectivity index (χ0n) is 54.3. The van der Waals surface area contributed by atoms with Gasteiger partial charge in [0, 0.05) is 93.3 Å². The maximum absolute atomic E-state index is 11.4. The van der Waals surface area contributed by atoms with Crippen molar-refractivity contribution in [3.05, 3.63) is 0 Å². The number of aliphatic imine (C=N–C) groups is 1. The van der Waals surface area contributed by atoms with Gasteiger partial charge in [-0.15, -0.1) is 0 Å². The smallest absolute Gasteiger partial charge is 0.328 e. The van der Waals surface area contributed by atoms with Gasteiger partial charge >= 0.3 is 41.0 Å². The molecule has 0 heterocycles. The summed E-state index contributed by atoms with van der Waals surface area (Å²) in [5.41, 5.74) is 0. The number of nitrogens with zero attached hydrogens (tertiary/aromatic N) is 2. The monoisotopic (exact) mass is 1280 g/mol. The number of nitriles is 1. The highest BCUT2D eigenvalue weighted by Crippen LogP contribution is 2.08. The van der Waals surface area contributed by atoms with Crippen molar-refractivity contribution in [2.45, 2.75) is 213 Å². The number of ketones is 1. The van der Waals surface area contributed by atoms with E-state index in [1.807, 2.05) is 0 Å². The molecular weight excluding hydrogens is 1160 g/mol. The van der Waals surface area contributed by atoms with Crippen LogP contribution in [0, 0.1) is 11.5 Å². The molecule has 6 N–H and O–H groups in total. The topological polar surface area (TPSA) is 361 Å². The zero-order chi connectivity index (χ0) is 66.1. The number of hydrogen-bond acceptors (Lipinski definition) is 24. The third-order valence-electron chi connectivity index (χ3n) is 10.7. The first-order chi connectivity index (χ1) is 41.0. The SMILES string of the molecule is CC(=O)CCCCCCCCNC(C)=O.COCCCCCC(=O)OCCOCCOC(=O)CCCCCOC.CO[Si](C)(C)O.C[Si](C)(O)O.N#COCCCCCCN=C=O.O=C(CCCCCO)OCCOCCOC(=O)CCCCCO. The highest BCUT2D eigenvalue weighted by molar-refractivity contribution is 6.63. The molecule has 1 amide bonds. The van der Waals surface area contributed by atoms with Gasteiger partial charge in [-0.2, -0.15) is 5.26 Å². The maximum Gasteiger partial charge on any atom is 0.328 e. The Bertz CT molecular complexity index is 1530. The van der Waals surface area contributed by atoms with Gasteiger partial charge in [0.25, 0.3) is 6.26 Å². The van der Waals surface area contributed by atoms with Gasteiger partial charge in [0.2, 0.25) is 12.0 Å². The third kappa shape index (κ3) is 114. The lowest BCUT2D eigenvalue weighted by Gasteiger charge is -2.08. The molecule has 0 saturated heterocycles. The van der Waals surface area contributed by atoms with Crippen molar-refractivity contribution in [2.24, 2.45) is 4.99 Å². The third-order valence-corrected chi connectivity index (χ3v) is 11.7. The van der Waals surface area contributed by atoms with E-state index in [-0.39, 0.29) is 82.6 Å². The van der Waals surface area contributed by atoms with Crippen LogP contribution in [0.4, 0.5) is 0 Å². The average Bonchev–Trinajstić information content (AvgIpc) is 3.45. The summed E-state index contributed by atoms with van der Waals surface area (Å²) < 4.78 is 49.5. The van der Waals surface area contributed by atoms with Gasteiger partial charge < -0.3 is 81.8 Å². The van der Waals surface area contributed by atoms with E-state index in [1.165, 1.54) is 45.5 Å². The number of nitrogens with one attached hydrogen (secondary N) is 1.